The number of benzene rings is 1. The largest absolute Gasteiger partial charge is 0.486 e. The fraction of sp³-hybridized carbons (Fsp3) is 0.529. The third-order valence-corrected chi connectivity index (χ3v) is 6.20. The Hall–Kier alpha value is -1.32. The van der Waals surface area contributed by atoms with E-state index in [1.54, 1.807) is 4.90 Å². The number of ether oxygens (including phenoxy) is 1. The monoisotopic (exact) mass is 270 g/mol. The van der Waals surface area contributed by atoms with Gasteiger partial charge in [0, 0.05) is 24.3 Å². The van der Waals surface area contributed by atoms with Crippen molar-refractivity contribution < 1.29 is 14.7 Å². The third-order valence-electron chi connectivity index (χ3n) is 6.20. The van der Waals surface area contributed by atoms with Crippen LogP contribution in [0, 0.1) is 5.92 Å². The highest BCUT2D eigenvalue weighted by atomic mass is 16.5. The normalized spacial score (nSPS) is 46.8. The van der Waals surface area contributed by atoms with Crippen molar-refractivity contribution in [3.05, 3.63) is 41.5 Å². The van der Waals surface area contributed by atoms with Gasteiger partial charge in [0.05, 0.1) is 25.0 Å². The van der Waals surface area contributed by atoms with Crippen LogP contribution in [0.4, 0.5) is 0 Å². The van der Waals surface area contributed by atoms with Gasteiger partial charge in [0.1, 0.15) is 18.0 Å². The van der Waals surface area contributed by atoms with Crippen molar-refractivity contribution in [1.82, 2.24) is 0 Å². The van der Waals surface area contributed by atoms with E-state index in [9.17, 15) is 5.11 Å². The predicted molar refractivity (Wildman–Crippen MR) is 75.0 cm³/mol. The second kappa shape index (κ2) is 3.46. The number of aliphatic hydroxyl groups is 1. The summed E-state index contributed by atoms with van der Waals surface area (Å²) >= 11 is 0. The first-order valence-electron chi connectivity index (χ1n) is 7.69. The quantitative estimate of drug-likeness (QED) is 0.655. The fourth-order valence-corrected chi connectivity index (χ4v) is 5.36. The van der Waals surface area contributed by atoms with Crippen LogP contribution < -0.4 is 9.64 Å². The number of likely N-dealkylation sites (tertiary alicyclic amines) is 1. The molecule has 2 N–H and O–H groups in total. The van der Waals surface area contributed by atoms with Crippen molar-refractivity contribution in [2.45, 2.75) is 36.5 Å². The molecule has 2 aliphatic carbocycles. The molecule has 4 aliphatic rings. The molecule has 20 heavy (non-hydrogen) atoms. The highest BCUT2D eigenvalue weighted by Crippen LogP contribution is 2.58. The van der Waals surface area contributed by atoms with Gasteiger partial charge in [0.2, 0.25) is 0 Å². The maximum Gasteiger partial charge on any atom is 0.139 e. The van der Waals surface area contributed by atoms with Gasteiger partial charge in [-0.15, -0.1) is 0 Å². The number of aliphatic hydroxyl groups excluding tert-OH is 1. The van der Waals surface area contributed by atoms with E-state index >= 15 is 0 Å². The minimum absolute atomic E-state index is 0.0303. The standard InChI is InChI=1S/C17H19NO2/c1-18-8-7-17-11-5-6-13(19)16(17)20-14-4-2-3-10(15(14)17)9-12(11)18/h2-6,11-13,16,19H,7-9H2,1H3/p+1. The molecule has 5 rings (SSSR count). The van der Waals surface area contributed by atoms with Gasteiger partial charge < -0.3 is 14.7 Å². The molecule has 0 aromatic heterocycles. The summed E-state index contributed by atoms with van der Waals surface area (Å²) in [6.45, 7) is 1.18. The van der Waals surface area contributed by atoms with Gasteiger partial charge in [0.25, 0.3) is 0 Å². The molecule has 0 saturated carbocycles. The minimum Gasteiger partial charge on any atom is -0.486 e. The van der Waals surface area contributed by atoms with E-state index in [1.807, 2.05) is 6.08 Å². The van der Waals surface area contributed by atoms with Crippen LogP contribution in [0.25, 0.3) is 0 Å². The van der Waals surface area contributed by atoms with Crippen molar-refractivity contribution >= 4 is 0 Å². The summed E-state index contributed by atoms with van der Waals surface area (Å²) in [6, 6.07) is 7.08. The first-order valence-corrected chi connectivity index (χ1v) is 7.69. The Balaban J connectivity index is 1.83. The van der Waals surface area contributed by atoms with Crippen LogP contribution in [-0.4, -0.2) is 36.9 Å². The fourth-order valence-electron chi connectivity index (χ4n) is 5.36. The van der Waals surface area contributed by atoms with Crippen molar-refractivity contribution in [2.24, 2.45) is 5.92 Å². The molecular formula is C17H20NO2+. The average Bonchev–Trinajstić information content (AvgIpc) is 2.79. The number of nitrogens with one attached hydrogen (secondary N) is 1. The van der Waals surface area contributed by atoms with E-state index in [0.29, 0.717) is 12.0 Å². The molecule has 6 atom stereocenters. The summed E-state index contributed by atoms with van der Waals surface area (Å²) in [5.41, 5.74) is 2.90. The van der Waals surface area contributed by atoms with Gasteiger partial charge >= 0.3 is 0 Å². The summed E-state index contributed by atoms with van der Waals surface area (Å²) < 4.78 is 6.22. The van der Waals surface area contributed by atoms with Crippen molar-refractivity contribution in [3.63, 3.8) is 0 Å². The van der Waals surface area contributed by atoms with Crippen LogP contribution >= 0.6 is 0 Å². The van der Waals surface area contributed by atoms with Gasteiger partial charge in [0.15, 0.2) is 0 Å². The molecule has 2 bridgehead atoms. The molecule has 1 aromatic rings. The van der Waals surface area contributed by atoms with Crippen molar-refractivity contribution in [3.8, 4) is 5.75 Å². The average molecular weight is 270 g/mol. The van der Waals surface area contributed by atoms with E-state index < -0.39 is 6.10 Å². The Morgan fingerprint density at radius 1 is 1.35 bits per heavy atom. The molecule has 1 fully saturated rings. The number of rotatable bonds is 0. The lowest BCUT2D eigenvalue weighted by Gasteiger charge is -2.54. The smallest absolute Gasteiger partial charge is 0.139 e. The molecule has 3 nitrogen and oxygen atoms in total. The van der Waals surface area contributed by atoms with Crippen LogP contribution in [0.3, 0.4) is 0 Å². The molecule has 1 spiro atoms. The van der Waals surface area contributed by atoms with Gasteiger partial charge in [-0.3, -0.25) is 0 Å². The second-order valence-electron chi connectivity index (χ2n) is 6.93. The minimum atomic E-state index is -0.469. The van der Waals surface area contributed by atoms with Gasteiger partial charge in [-0.25, -0.2) is 0 Å². The lowest BCUT2D eigenvalue weighted by atomic mass is 9.53. The molecule has 6 unspecified atom stereocenters. The van der Waals surface area contributed by atoms with E-state index in [0.717, 1.165) is 18.6 Å². The zero-order valence-electron chi connectivity index (χ0n) is 11.7. The topological polar surface area (TPSA) is 33.9 Å². The molecular weight excluding hydrogens is 250 g/mol. The van der Waals surface area contributed by atoms with Gasteiger partial charge in [-0.2, -0.15) is 0 Å². The maximum absolute atomic E-state index is 10.4. The van der Waals surface area contributed by atoms with E-state index in [2.05, 4.69) is 31.3 Å². The zero-order valence-corrected chi connectivity index (χ0v) is 11.7. The molecule has 0 radical (unpaired) electrons. The van der Waals surface area contributed by atoms with E-state index in [1.165, 1.54) is 17.7 Å². The SMILES string of the molecule is C[NH+]1CCC23c4c5cccc4OC2C(O)C=CC3C1C5. The number of likely N-dealkylation sites (N-methyl/N-ethyl adjacent to an activating group) is 1. The van der Waals surface area contributed by atoms with Gasteiger partial charge in [-0.1, -0.05) is 24.3 Å². The maximum atomic E-state index is 10.4. The number of hydrogen-bond donors (Lipinski definition) is 2. The Labute approximate surface area is 118 Å². The molecule has 1 aromatic carbocycles. The summed E-state index contributed by atoms with van der Waals surface area (Å²) in [6.07, 6.45) is 5.96. The number of piperidine rings is 1. The van der Waals surface area contributed by atoms with Crippen LogP contribution in [0.15, 0.2) is 30.4 Å². The Kier molecular flexibility index (Phi) is 1.97. The molecule has 104 valence electrons. The first-order chi connectivity index (χ1) is 9.72. The summed E-state index contributed by atoms with van der Waals surface area (Å²) in [5, 5.41) is 10.4. The summed E-state index contributed by atoms with van der Waals surface area (Å²) in [4.78, 5) is 1.63. The Morgan fingerprint density at radius 2 is 2.25 bits per heavy atom. The highest BCUT2D eigenvalue weighted by Gasteiger charge is 2.65. The Morgan fingerprint density at radius 3 is 3.15 bits per heavy atom. The first kappa shape index (κ1) is 11.4. The van der Waals surface area contributed by atoms with Gasteiger partial charge in [-0.05, 0) is 11.6 Å². The molecule has 3 heteroatoms. The highest BCUT2D eigenvalue weighted by molar-refractivity contribution is 5.55. The van der Waals surface area contributed by atoms with Crippen molar-refractivity contribution in [2.75, 3.05) is 13.6 Å². The van der Waals surface area contributed by atoms with E-state index in [-0.39, 0.29) is 11.5 Å². The molecule has 2 heterocycles. The molecule has 2 aliphatic heterocycles. The Bertz CT molecular complexity index is 625. The molecule has 0 amide bonds. The van der Waals surface area contributed by atoms with Crippen LogP contribution in [0.1, 0.15) is 17.5 Å². The lowest BCUT2D eigenvalue weighted by molar-refractivity contribution is -0.917. The van der Waals surface area contributed by atoms with Crippen LogP contribution in [0.5, 0.6) is 5.75 Å². The van der Waals surface area contributed by atoms with E-state index in [4.69, 9.17) is 4.74 Å². The van der Waals surface area contributed by atoms with Crippen molar-refractivity contribution in [1.29, 1.82) is 0 Å². The van der Waals surface area contributed by atoms with Crippen LogP contribution in [-0.2, 0) is 11.8 Å². The lowest BCUT2D eigenvalue weighted by Crippen LogP contribution is -3.16. The predicted octanol–water partition coefficient (Wildman–Crippen LogP) is 0.0754. The van der Waals surface area contributed by atoms with Crippen LogP contribution in [0.2, 0.25) is 0 Å². The summed E-state index contributed by atoms with van der Waals surface area (Å²) in [5.74, 6) is 1.54. The molecule has 1 saturated heterocycles. The zero-order chi connectivity index (χ0) is 13.5. The number of hydrogen-bond acceptors (Lipinski definition) is 2. The third kappa shape index (κ3) is 1.08. The second-order valence-corrected chi connectivity index (χ2v) is 6.93. The summed E-state index contributed by atoms with van der Waals surface area (Å²) in [7, 11) is 2.32. The number of quaternary nitrogens is 1.